The Morgan fingerprint density at radius 1 is 1.06 bits per heavy atom. The van der Waals surface area contributed by atoms with Crippen LogP contribution in [0.3, 0.4) is 0 Å². The van der Waals surface area contributed by atoms with Gasteiger partial charge in [0.2, 0.25) is 11.8 Å². The molecule has 0 saturated carbocycles. The Bertz CT molecular complexity index is 280. The highest BCUT2D eigenvalue weighted by atomic mass is 16.2. The minimum atomic E-state index is -0.0978. The van der Waals surface area contributed by atoms with Crippen molar-refractivity contribution >= 4 is 11.8 Å². The van der Waals surface area contributed by atoms with Crippen molar-refractivity contribution in [2.75, 3.05) is 33.2 Å². The van der Waals surface area contributed by atoms with E-state index in [1.807, 2.05) is 34.6 Å². The summed E-state index contributed by atoms with van der Waals surface area (Å²) in [5.74, 6) is -0.0722. The molecule has 0 fully saturated rings. The summed E-state index contributed by atoms with van der Waals surface area (Å²) < 4.78 is 0. The molecule has 18 heavy (non-hydrogen) atoms. The summed E-state index contributed by atoms with van der Waals surface area (Å²) in [6, 6.07) is 0. The maximum Gasteiger partial charge on any atom is 0.242 e. The predicted octanol–water partition coefficient (Wildman–Crippen LogP) is 0.701. The molecule has 0 rings (SSSR count). The van der Waals surface area contributed by atoms with Gasteiger partial charge in [-0.2, -0.15) is 0 Å². The molecular weight excluding hydrogens is 230 g/mol. The van der Waals surface area contributed by atoms with Crippen LogP contribution < -0.4 is 5.32 Å². The highest BCUT2D eigenvalue weighted by molar-refractivity contribution is 5.85. The average Bonchev–Trinajstić information content (AvgIpc) is 2.26. The van der Waals surface area contributed by atoms with Crippen molar-refractivity contribution in [3.05, 3.63) is 0 Å². The smallest absolute Gasteiger partial charge is 0.242 e. The van der Waals surface area contributed by atoms with Gasteiger partial charge in [-0.25, -0.2) is 0 Å². The van der Waals surface area contributed by atoms with Crippen LogP contribution in [-0.4, -0.2) is 60.4 Å². The number of carbonyl (C=O) groups is 2. The molecule has 0 atom stereocenters. The molecule has 0 saturated heterocycles. The number of nitrogens with zero attached hydrogens (tertiary/aromatic N) is 2. The van der Waals surface area contributed by atoms with Gasteiger partial charge >= 0.3 is 0 Å². The van der Waals surface area contributed by atoms with E-state index >= 15 is 0 Å². The molecule has 0 radical (unpaired) electrons. The van der Waals surface area contributed by atoms with Crippen LogP contribution in [0.4, 0.5) is 0 Å². The fourth-order valence-corrected chi connectivity index (χ4v) is 1.44. The van der Waals surface area contributed by atoms with Gasteiger partial charge in [-0.1, -0.05) is 0 Å². The molecule has 0 aromatic heterocycles. The zero-order valence-corrected chi connectivity index (χ0v) is 12.5. The SMILES string of the molecule is CCN(CC)C(=O)CN(C)C(=O)CNC(C)(C)C. The number of rotatable bonds is 6. The molecular formula is C13H27N3O2. The first-order valence-electron chi connectivity index (χ1n) is 6.48. The molecule has 0 spiro atoms. The molecule has 1 N–H and O–H groups in total. The van der Waals surface area contributed by atoms with Crippen LogP contribution in [0.25, 0.3) is 0 Å². The quantitative estimate of drug-likeness (QED) is 0.762. The third-order valence-electron chi connectivity index (χ3n) is 2.68. The third kappa shape index (κ3) is 6.59. The lowest BCUT2D eigenvalue weighted by molar-refractivity contribution is -0.138. The van der Waals surface area contributed by atoms with Crippen LogP contribution in [0.15, 0.2) is 0 Å². The van der Waals surface area contributed by atoms with Gasteiger partial charge < -0.3 is 15.1 Å². The highest BCUT2D eigenvalue weighted by Crippen LogP contribution is 1.98. The van der Waals surface area contributed by atoms with E-state index in [1.54, 1.807) is 11.9 Å². The molecule has 5 nitrogen and oxygen atoms in total. The molecule has 5 heteroatoms. The summed E-state index contributed by atoms with van der Waals surface area (Å²) in [7, 11) is 1.66. The molecule has 0 aromatic carbocycles. The van der Waals surface area contributed by atoms with Crippen molar-refractivity contribution in [1.29, 1.82) is 0 Å². The normalized spacial score (nSPS) is 11.2. The van der Waals surface area contributed by atoms with Crippen molar-refractivity contribution < 1.29 is 9.59 Å². The van der Waals surface area contributed by atoms with E-state index in [2.05, 4.69) is 5.32 Å². The monoisotopic (exact) mass is 257 g/mol. The summed E-state index contributed by atoms with van der Waals surface area (Å²) in [5, 5.41) is 3.12. The van der Waals surface area contributed by atoms with Crippen molar-refractivity contribution in [2.45, 2.75) is 40.2 Å². The van der Waals surface area contributed by atoms with E-state index < -0.39 is 0 Å². The topological polar surface area (TPSA) is 52.7 Å². The Balaban J connectivity index is 4.19. The molecule has 0 aliphatic carbocycles. The Morgan fingerprint density at radius 2 is 1.56 bits per heavy atom. The summed E-state index contributed by atoms with van der Waals surface area (Å²) in [4.78, 5) is 26.8. The van der Waals surface area contributed by atoms with Crippen molar-refractivity contribution in [1.82, 2.24) is 15.1 Å². The van der Waals surface area contributed by atoms with Gasteiger partial charge in [0.1, 0.15) is 0 Å². The lowest BCUT2D eigenvalue weighted by Gasteiger charge is -2.25. The second kappa shape index (κ2) is 7.36. The zero-order chi connectivity index (χ0) is 14.3. The molecule has 0 unspecified atom stereocenters. The maximum atomic E-state index is 11.8. The largest absolute Gasteiger partial charge is 0.342 e. The van der Waals surface area contributed by atoms with Crippen LogP contribution in [-0.2, 0) is 9.59 Å². The summed E-state index contributed by atoms with van der Waals surface area (Å²) in [6.07, 6.45) is 0. The first-order chi connectivity index (χ1) is 8.21. The molecule has 0 heterocycles. The molecule has 0 aliphatic rings. The summed E-state index contributed by atoms with van der Waals surface area (Å²) in [6.45, 7) is 11.6. The molecule has 2 amide bonds. The van der Waals surface area contributed by atoms with Crippen molar-refractivity contribution in [3.8, 4) is 0 Å². The third-order valence-corrected chi connectivity index (χ3v) is 2.68. The fourth-order valence-electron chi connectivity index (χ4n) is 1.44. The van der Waals surface area contributed by atoms with Gasteiger partial charge in [0.25, 0.3) is 0 Å². The molecule has 0 aromatic rings. The van der Waals surface area contributed by atoms with Crippen LogP contribution in [0.5, 0.6) is 0 Å². The van der Waals surface area contributed by atoms with Gasteiger partial charge in [0.15, 0.2) is 0 Å². The molecule has 0 bridgehead atoms. The van der Waals surface area contributed by atoms with Crippen molar-refractivity contribution in [3.63, 3.8) is 0 Å². The van der Waals surface area contributed by atoms with Gasteiger partial charge in [-0.3, -0.25) is 9.59 Å². The predicted molar refractivity (Wildman–Crippen MR) is 73.3 cm³/mol. The Morgan fingerprint density at radius 3 is 1.94 bits per heavy atom. The number of amides is 2. The number of likely N-dealkylation sites (N-methyl/N-ethyl adjacent to an activating group) is 2. The highest BCUT2D eigenvalue weighted by Gasteiger charge is 2.18. The van der Waals surface area contributed by atoms with Gasteiger partial charge in [-0.05, 0) is 34.6 Å². The minimum absolute atomic E-state index is 0.00777. The summed E-state index contributed by atoms with van der Waals surface area (Å²) in [5.41, 5.74) is -0.0978. The van der Waals surface area contributed by atoms with E-state index in [0.29, 0.717) is 13.1 Å². The van der Waals surface area contributed by atoms with Crippen molar-refractivity contribution in [2.24, 2.45) is 0 Å². The van der Waals surface area contributed by atoms with Crippen LogP contribution in [0.1, 0.15) is 34.6 Å². The number of carbonyl (C=O) groups excluding carboxylic acids is 2. The zero-order valence-electron chi connectivity index (χ0n) is 12.5. The second-order valence-electron chi connectivity index (χ2n) is 5.42. The van der Waals surface area contributed by atoms with Gasteiger partial charge in [0, 0.05) is 25.7 Å². The lowest BCUT2D eigenvalue weighted by Crippen LogP contribution is -2.47. The van der Waals surface area contributed by atoms with Crippen LogP contribution in [0, 0.1) is 0 Å². The first kappa shape index (κ1) is 16.9. The van der Waals surface area contributed by atoms with Gasteiger partial charge in [0.05, 0.1) is 13.1 Å². The number of hydrogen-bond acceptors (Lipinski definition) is 3. The number of nitrogens with one attached hydrogen (secondary N) is 1. The van der Waals surface area contributed by atoms with E-state index in [4.69, 9.17) is 0 Å². The van der Waals surface area contributed by atoms with Crippen LogP contribution >= 0.6 is 0 Å². The minimum Gasteiger partial charge on any atom is -0.342 e. The van der Waals surface area contributed by atoms with E-state index in [9.17, 15) is 9.59 Å². The van der Waals surface area contributed by atoms with E-state index in [1.165, 1.54) is 4.90 Å². The van der Waals surface area contributed by atoms with E-state index in [0.717, 1.165) is 0 Å². The lowest BCUT2D eigenvalue weighted by atomic mass is 10.1. The Labute approximate surface area is 111 Å². The Hall–Kier alpha value is -1.10. The molecule has 106 valence electrons. The van der Waals surface area contributed by atoms with Gasteiger partial charge in [-0.15, -0.1) is 0 Å². The number of hydrogen-bond donors (Lipinski definition) is 1. The van der Waals surface area contributed by atoms with Crippen LogP contribution in [0.2, 0.25) is 0 Å². The summed E-state index contributed by atoms with van der Waals surface area (Å²) >= 11 is 0. The Kier molecular flexibility index (Phi) is 6.91. The fraction of sp³-hybridized carbons (Fsp3) is 0.846. The standard InChI is InChI=1S/C13H27N3O2/c1-7-16(8-2)12(18)10-15(6)11(17)9-14-13(3,4)5/h14H,7-10H2,1-6H3. The molecule has 0 aliphatic heterocycles. The van der Waals surface area contributed by atoms with E-state index in [-0.39, 0.29) is 30.4 Å². The first-order valence-corrected chi connectivity index (χ1v) is 6.48. The second-order valence-corrected chi connectivity index (χ2v) is 5.42. The average molecular weight is 257 g/mol. The maximum absolute atomic E-state index is 11.8.